The molecule has 0 saturated heterocycles. The van der Waals surface area contributed by atoms with Gasteiger partial charge in [-0.05, 0) is 49.2 Å². The number of hydrogen-bond donors (Lipinski definition) is 0. The van der Waals surface area contributed by atoms with Gasteiger partial charge in [0, 0.05) is 5.56 Å². The van der Waals surface area contributed by atoms with E-state index in [2.05, 4.69) is 0 Å². The summed E-state index contributed by atoms with van der Waals surface area (Å²) < 4.78 is 19.2. The average molecular weight is 244 g/mol. The van der Waals surface area contributed by atoms with Gasteiger partial charge < -0.3 is 4.74 Å². The van der Waals surface area contributed by atoms with Gasteiger partial charge in [0.2, 0.25) is 0 Å². The molecule has 0 amide bonds. The summed E-state index contributed by atoms with van der Waals surface area (Å²) >= 11 is 0. The molecule has 0 aromatic heterocycles. The zero-order valence-electron chi connectivity index (χ0n) is 10.2. The predicted molar refractivity (Wildman–Crippen MR) is 67.8 cm³/mol. The van der Waals surface area contributed by atoms with Gasteiger partial charge in [-0.2, -0.15) is 0 Å². The van der Waals surface area contributed by atoms with E-state index < -0.39 is 0 Å². The monoisotopic (exact) mass is 244 g/mol. The second-order valence-electron chi connectivity index (χ2n) is 4.13. The highest BCUT2D eigenvalue weighted by atomic mass is 19.1. The highest BCUT2D eigenvalue weighted by Gasteiger charge is 2.07. The fourth-order valence-electron chi connectivity index (χ4n) is 1.67. The Kier molecular flexibility index (Phi) is 3.42. The molecule has 0 heterocycles. The van der Waals surface area contributed by atoms with Crippen molar-refractivity contribution in [3.8, 4) is 11.5 Å². The van der Waals surface area contributed by atoms with Crippen LogP contribution in [0.2, 0.25) is 0 Å². The van der Waals surface area contributed by atoms with E-state index in [1.54, 1.807) is 43.3 Å². The van der Waals surface area contributed by atoms with Gasteiger partial charge in [-0.1, -0.05) is 12.1 Å². The summed E-state index contributed by atoms with van der Waals surface area (Å²) in [6.45, 7) is 3.49. The summed E-state index contributed by atoms with van der Waals surface area (Å²) in [6, 6.07) is 10.0. The van der Waals surface area contributed by atoms with Crippen LogP contribution < -0.4 is 4.74 Å². The molecule has 2 nitrogen and oxygen atoms in total. The molecule has 0 bridgehead atoms. The van der Waals surface area contributed by atoms with Crippen molar-refractivity contribution in [1.82, 2.24) is 0 Å². The van der Waals surface area contributed by atoms with Crippen LogP contribution in [0.25, 0.3) is 0 Å². The largest absolute Gasteiger partial charge is 0.454 e. The fraction of sp³-hybridized carbons (Fsp3) is 0.133. The van der Waals surface area contributed by atoms with Gasteiger partial charge >= 0.3 is 0 Å². The summed E-state index contributed by atoms with van der Waals surface area (Å²) in [5.41, 5.74) is 1.94. The predicted octanol–water partition coefficient (Wildman–Crippen LogP) is 4.05. The lowest BCUT2D eigenvalue weighted by Gasteiger charge is -2.09. The van der Waals surface area contributed by atoms with Crippen molar-refractivity contribution in [2.75, 3.05) is 0 Å². The summed E-state index contributed by atoms with van der Waals surface area (Å²) in [7, 11) is 0. The first-order valence-electron chi connectivity index (χ1n) is 5.60. The number of ether oxygens (including phenoxy) is 1. The number of halogens is 1. The van der Waals surface area contributed by atoms with Crippen LogP contribution in [0.1, 0.15) is 21.5 Å². The number of aldehydes is 1. The Morgan fingerprint density at radius 3 is 2.56 bits per heavy atom. The van der Waals surface area contributed by atoms with Gasteiger partial charge in [0.15, 0.2) is 11.6 Å². The van der Waals surface area contributed by atoms with Crippen LogP contribution in [-0.4, -0.2) is 6.29 Å². The summed E-state index contributed by atoms with van der Waals surface area (Å²) in [5, 5.41) is 0. The smallest absolute Gasteiger partial charge is 0.168 e. The second-order valence-corrected chi connectivity index (χ2v) is 4.13. The molecular weight excluding hydrogens is 231 g/mol. The molecule has 0 atom stereocenters. The van der Waals surface area contributed by atoms with Crippen LogP contribution in [0.4, 0.5) is 4.39 Å². The van der Waals surface area contributed by atoms with Gasteiger partial charge in [0.1, 0.15) is 12.0 Å². The minimum atomic E-state index is -0.366. The standard InChI is InChI=1S/C15H13FO2/c1-10-4-3-5-14(15(10)16)18-13-7-6-12(9-17)11(2)8-13/h3-9H,1-2H3. The molecule has 0 aliphatic heterocycles. The van der Waals surface area contributed by atoms with E-state index in [9.17, 15) is 9.18 Å². The Morgan fingerprint density at radius 1 is 1.11 bits per heavy atom. The summed E-state index contributed by atoms with van der Waals surface area (Å²) in [4.78, 5) is 10.7. The Balaban J connectivity index is 2.31. The van der Waals surface area contributed by atoms with Crippen LogP contribution in [0.3, 0.4) is 0 Å². The first-order valence-corrected chi connectivity index (χ1v) is 5.60. The van der Waals surface area contributed by atoms with Crippen molar-refractivity contribution in [3.05, 3.63) is 58.9 Å². The van der Waals surface area contributed by atoms with Crippen LogP contribution in [0, 0.1) is 19.7 Å². The van der Waals surface area contributed by atoms with Crippen molar-refractivity contribution in [2.24, 2.45) is 0 Å². The fourth-order valence-corrected chi connectivity index (χ4v) is 1.67. The van der Waals surface area contributed by atoms with Gasteiger partial charge in [-0.15, -0.1) is 0 Å². The number of hydrogen-bond acceptors (Lipinski definition) is 2. The van der Waals surface area contributed by atoms with Crippen LogP contribution in [0.5, 0.6) is 11.5 Å². The van der Waals surface area contributed by atoms with E-state index in [0.29, 0.717) is 16.9 Å². The van der Waals surface area contributed by atoms with Crippen LogP contribution in [-0.2, 0) is 0 Å². The van der Waals surface area contributed by atoms with Crippen LogP contribution in [0.15, 0.2) is 36.4 Å². The molecule has 0 aliphatic rings. The molecule has 0 N–H and O–H groups in total. The Labute approximate surface area is 105 Å². The third-order valence-electron chi connectivity index (χ3n) is 2.75. The molecular formula is C15H13FO2. The molecule has 18 heavy (non-hydrogen) atoms. The quantitative estimate of drug-likeness (QED) is 0.761. The lowest BCUT2D eigenvalue weighted by Crippen LogP contribution is -1.92. The zero-order valence-corrected chi connectivity index (χ0v) is 10.2. The number of benzene rings is 2. The maximum Gasteiger partial charge on any atom is 0.168 e. The molecule has 0 aliphatic carbocycles. The molecule has 2 aromatic carbocycles. The first kappa shape index (κ1) is 12.3. The molecule has 0 unspecified atom stereocenters. The highest BCUT2D eigenvalue weighted by molar-refractivity contribution is 5.77. The van der Waals surface area contributed by atoms with Crippen molar-refractivity contribution >= 4 is 6.29 Å². The maximum absolute atomic E-state index is 13.8. The van der Waals surface area contributed by atoms with Crippen molar-refractivity contribution in [3.63, 3.8) is 0 Å². The minimum absolute atomic E-state index is 0.188. The van der Waals surface area contributed by atoms with Crippen molar-refractivity contribution < 1.29 is 13.9 Å². The first-order chi connectivity index (χ1) is 8.61. The number of carbonyl (C=O) groups is 1. The van der Waals surface area contributed by atoms with E-state index in [1.165, 1.54) is 0 Å². The zero-order chi connectivity index (χ0) is 13.1. The Morgan fingerprint density at radius 2 is 1.89 bits per heavy atom. The van der Waals surface area contributed by atoms with Gasteiger partial charge in [-0.3, -0.25) is 4.79 Å². The molecule has 0 fully saturated rings. The second kappa shape index (κ2) is 5.00. The Hall–Kier alpha value is -2.16. The van der Waals surface area contributed by atoms with E-state index in [4.69, 9.17) is 4.74 Å². The van der Waals surface area contributed by atoms with Gasteiger partial charge in [0.05, 0.1) is 0 Å². The van der Waals surface area contributed by atoms with E-state index in [1.807, 2.05) is 6.92 Å². The lowest BCUT2D eigenvalue weighted by molar-refractivity contribution is 0.112. The minimum Gasteiger partial charge on any atom is -0.454 e. The third kappa shape index (κ3) is 2.40. The summed E-state index contributed by atoms with van der Waals surface area (Å²) in [5.74, 6) is 0.338. The van der Waals surface area contributed by atoms with E-state index >= 15 is 0 Å². The van der Waals surface area contributed by atoms with E-state index in [-0.39, 0.29) is 11.6 Å². The Bertz CT molecular complexity index is 591. The summed E-state index contributed by atoms with van der Waals surface area (Å²) in [6.07, 6.45) is 0.784. The maximum atomic E-state index is 13.8. The normalized spacial score (nSPS) is 10.2. The molecule has 0 saturated carbocycles. The molecule has 3 heteroatoms. The topological polar surface area (TPSA) is 26.3 Å². The molecule has 0 radical (unpaired) electrons. The number of aryl methyl sites for hydroxylation is 2. The van der Waals surface area contributed by atoms with Crippen LogP contribution >= 0.6 is 0 Å². The molecule has 2 rings (SSSR count). The number of carbonyl (C=O) groups excluding carboxylic acids is 1. The highest BCUT2D eigenvalue weighted by Crippen LogP contribution is 2.27. The lowest BCUT2D eigenvalue weighted by atomic mass is 10.1. The third-order valence-corrected chi connectivity index (χ3v) is 2.75. The van der Waals surface area contributed by atoms with Gasteiger partial charge in [0.25, 0.3) is 0 Å². The van der Waals surface area contributed by atoms with E-state index in [0.717, 1.165) is 11.8 Å². The number of rotatable bonds is 3. The van der Waals surface area contributed by atoms with Gasteiger partial charge in [-0.25, -0.2) is 4.39 Å². The molecule has 2 aromatic rings. The molecule has 0 spiro atoms. The van der Waals surface area contributed by atoms with Crippen molar-refractivity contribution in [2.45, 2.75) is 13.8 Å². The SMILES string of the molecule is Cc1cc(Oc2cccc(C)c2F)ccc1C=O. The van der Waals surface area contributed by atoms with Crippen molar-refractivity contribution in [1.29, 1.82) is 0 Å². The molecule has 92 valence electrons. The average Bonchev–Trinajstić information content (AvgIpc) is 2.35.